The molecule has 1 saturated carbocycles. The third-order valence-electron chi connectivity index (χ3n) is 3.00. The highest BCUT2D eigenvalue weighted by atomic mass is 19.1. The largest absolute Gasteiger partial charge is 0.487 e. The summed E-state index contributed by atoms with van der Waals surface area (Å²) in [5, 5.41) is 0. The van der Waals surface area contributed by atoms with Gasteiger partial charge in [0.25, 0.3) is 0 Å². The molecule has 0 saturated heterocycles. The third-order valence-corrected chi connectivity index (χ3v) is 3.00. The Morgan fingerprint density at radius 2 is 2.19 bits per heavy atom. The second-order valence-corrected chi connectivity index (χ2v) is 4.17. The Labute approximate surface area is 94.3 Å². The van der Waals surface area contributed by atoms with Gasteiger partial charge in [-0.25, -0.2) is 4.39 Å². The first-order chi connectivity index (χ1) is 7.61. The first-order valence-electron chi connectivity index (χ1n) is 5.33. The SMILES string of the molecule is COC1C(N)CC1Oc1ccc(C)c(F)c1. The van der Waals surface area contributed by atoms with Crippen molar-refractivity contribution in [1.29, 1.82) is 0 Å². The molecule has 0 aromatic heterocycles. The molecule has 1 aliphatic rings. The Kier molecular flexibility index (Phi) is 3.12. The Balaban J connectivity index is 2.02. The molecule has 0 amide bonds. The molecule has 0 heterocycles. The number of ether oxygens (including phenoxy) is 2. The molecule has 3 atom stereocenters. The number of hydrogen-bond acceptors (Lipinski definition) is 3. The Bertz CT molecular complexity index is 383. The van der Waals surface area contributed by atoms with Crippen LogP contribution in [0.1, 0.15) is 12.0 Å². The van der Waals surface area contributed by atoms with Gasteiger partial charge < -0.3 is 15.2 Å². The lowest BCUT2D eigenvalue weighted by Crippen LogP contribution is -2.59. The standard InChI is InChI=1S/C12H16FNO2/c1-7-3-4-8(5-9(7)13)16-11-6-10(14)12(11)15-2/h3-5,10-12H,6,14H2,1-2H3. The van der Waals surface area contributed by atoms with Gasteiger partial charge in [-0.2, -0.15) is 0 Å². The predicted molar refractivity (Wildman–Crippen MR) is 58.9 cm³/mol. The maximum Gasteiger partial charge on any atom is 0.129 e. The number of benzene rings is 1. The molecular formula is C12H16FNO2. The van der Waals surface area contributed by atoms with Gasteiger partial charge in [0.05, 0.1) is 0 Å². The van der Waals surface area contributed by atoms with E-state index in [9.17, 15) is 4.39 Å². The molecule has 4 heteroatoms. The monoisotopic (exact) mass is 225 g/mol. The van der Waals surface area contributed by atoms with Gasteiger partial charge in [-0.3, -0.25) is 0 Å². The van der Waals surface area contributed by atoms with Gasteiger partial charge in [0, 0.05) is 25.6 Å². The van der Waals surface area contributed by atoms with E-state index in [2.05, 4.69) is 0 Å². The average Bonchev–Trinajstić information content (AvgIpc) is 2.23. The van der Waals surface area contributed by atoms with Crippen LogP contribution in [0.25, 0.3) is 0 Å². The van der Waals surface area contributed by atoms with Gasteiger partial charge >= 0.3 is 0 Å². The molecule has 3 unspecified atom stereocenters. The molecule has 2 N–H and O–H groups in total. The average molecular weight is 225 g/mol. The zero-order chi connectivity index (χ0) is 11.7. The minimum absolute atomic E-state index is 0.0188. The molecule has 0 aliphatic heterocycles. The third kappa shape index (κ3) is 2.03. The molecule has 3 nitrogen and oxygen atoms in total. The van der Waals surface area contributed by atoms with Crippen LogP contribution in [-0.2, 0) is 4.74 Å². The summed E-state index contributed by atoms with van der Waals surface area (Å²) >= 11 is 0. The molecule has 1 aromatic carbocycles. The van der Waals surface area contributed by atoms with Gasteiger partial charge in [-0.1, -0.05) is 6.07 Å². The van der Waals surface area contributed by atoms with Crippen LogP contribution in [0.5, 0.6) is 5.75 Å². The van der Waals surface area contributed by atoms with E-state index in [0.717, 1.165) is 6.42 Å². The van der Waals surface area contributed by atoms with Crippen molar-refractivity contribution in [2.24, 2.45) is 5.73 Å². The van der Waals surface area contributed by atoms with Gasteiger partial charge in [0.1, 0.15) is 23.8 Å². The van der Waals surface area contributed by atoms with Crippen LogP contribution < -0.4 is 10.5 Å². The van der Waals surface area contributed by atoms with Crippen molar-refractivity contribution in [3.8, 4) is 5.75 Å². The highest BCUT2D eigenvalue weighted by molar-refractivity contribution is 5.28. The van der Waals surface area contributed by atoms with Gasteiger partial charge in [-0.15, -0.1) is 0 Å². The van der Waals surface area contributed by atoms with E-state index >= 15 is 0 Å². The van der Waals surface area contributed by atoms with Crippen molar-refractivity contribution in [2.45, 2.75) is 31.6 Å². The molecule has 1 aromatic rings. The fourth-order valence-electron chi connectivity index (χ4n) is 1.88. The van der Waals surface area contributed by atoms with Crippen molar-refractivity contribution in [3.63, 3.8) is 0 Å². The van der Waals surface area contributed by atoms with Crippen molar-refractivity contribution >= 4 is 0 Å². The first kappa shape index (κ1) is 11.4. The van der Waals surface area contributed by atoms with E-state index in [1.807, 2.05) is 0 Å². The highest BCUT2D eigenvalue weighted by Gasteiger charge is 2.40. The van der Waals surface area contributed by atoms with E-state index in [0.29, 0.717) is 11.3 Å². The fourth-order valence-corrected chi connectivity index (χ4v) is 1.88. The van der Waals surface area contributed by atoms with Crippen molar-refractivity contribution in [3.05, 3.63) is 29.6 Å². The second kappa shape index (κ2) is 4.39. The zero-order valence-electron chi connectivity index (χ0n) is 9.44. The number of aryl methyl sites for hydroxylation is 1. The van der Waals surface area contributed by atoms with Crippen LogP contribution >= 0.6 is 0 Å². The van der Waals surface area contributed by atoms with Gasteiger partial charge in [0.2, 0.25) is 0 Å². The molecule has 0 spiro atoms. The summed E-state index contributed by atoms with van der Waals surface area (Å²) in [4.78, 5) is 0. The van der Waals surface area contributed by atoms with Crippen LogP contribution in [0.2, 0.25) is 0 Å². The molecule has 1 fully saturated rings. The topological polar surface area (TPSA) is 44.5 Å². The summed E-state index contributed by atoms with van der Waals surface area (Å²) in [6.45, 7) is 1.72. The van der Waals surface area contributed by atoms with E-state index < -0.39 is 0 Å². The smallest absolute Gasteiger partial charge is 0.129 e. The second-order valence-electron chi connectivity index (χ2n) is 4.17. The van der Waals surface area contributed by atoms with Gasteiger partial charge in [0.15, 0.2) is 0 Å². The summed E-state index contributed by atoms with van der Waals surface area (Å²) < 4.78 is 24.1. The normalized spacial score (nSPS) is 28.6. The van der Waals surface area contributed by atoms with E-state index in [-0.39, 0.29) is 24.1 Å². The number of hydrogen-bond donors (Lipinski definition) is 1. The van der Waals surface area contributed by atoms with Crippen molar-refractivity contribution < 1.29 is 13.9 Å². The molecule has 0 bridgehead atoms. The lowest BCUT2D eigenvalue weighted by atomic mass is 9.86. The van der Waals surface area contributed by atoms with E-state index in [1.165, 1.54) is 6.07 Å². The van der Waals surface area contributed by atoms with Crippen LogP contribution in [0.15, 0.2) is 18.2 Å². The number of halogens is 1. The predicted octanol–water partition coefficient (Wildman–Crippen LogP) is 1.63. The number of rotatable bonds is 3. The van der Waals surface area contributed by atoms with Crippen molar-refractivity contribution in [2.75, 3.05) is 7.11 Å². The molecular weight excluding hydrogens is 209 g/mol. The highest BCUT2D eigenvalue weighted by Crippen LogP contribution is 2.28. The van der Waals surface area contributed by atoms with Gasteiger partial charge in [-0.05, 0) is 18.6 Å². The lowest BCUT2D eigenvalue weighted by Gasteiger charge is -2.40. The molecule has 1 aliphatic carbocycles. The van der Waals surface area contributed by atoms with E-state index in [1.54, 1.807) is 26.2 Å². The number of methoxy groups -OCH3 is 1. The summed E-state index contributed by atoms with van der Waals surface area (Å²) in [5.74, 6) is 0.275. The molecule has 16 heavy (non-hydrogen) atoms. The Hall–Kier alpha value is -1.13. The van der Waals surface area contributed by atoms with Crippen LogP contribution in [0.3, 0.4) is 0 Å². The molecule has 2 rings (SSSR count). The minimum atomic E-state index is -0.255. The zero-order valence-corrected chi connectivity index (χ0v) is 9.44. The van der Waals surface area contributed by atoms with Crippen LogP contribution in [0.4, 0.5) is 4.39 Å². The number of nitrogens with two attached hydrogens (primary N) is 1. The molecule has 88 valence electrons. The summed E-state index contributed by atoms with van der Waals surface area (Å²) in [7, 11) is 1.61. The Morgan fingerprint density at radius 1 is 1.44 bits per heavy atom. The Morgan fingerprint density at radius 3 is 2.75 bits per heavy atom. The summed E-state index contributed by atoms with van der Waals surface area (Å²) in [6.07, 6.45) is 0.583. The van der Waals surface area contributed by atoms with Crippen LogP contribution in [0, 0.1) is 12.7 Å². The maximum atomic E-state index is 13.3. The lowest BCUT2D eigenvalue weighted by molar-refractivity contribution is -0.0783. The minimum Gasteiger partial charge on any atom is -0.487 e. The fraction of sp³-hybridized carbons (Fsp3) is 0.500. The quantitative estimate of drug-likeness (QED) is 0.850. The molecule has 0 radical (unpaired) electrons. The summed E-state index contributed by atoms with van der Waals surface area (Å²) in [6, 6.07) is 4.87. The van der Waals surface area contributed by atoms with Crippen molar-refractivity contribution in [1.82, 2.24) is 0 Å². The maximum absolute atomic E-state index is 13.3. The summed E-state index contributed by atoms with van der Waals surface area (Å²) in [5.41, 5.74) is 6.36. The van der Waals surface area contributed by atoms with Crippen LogP contribution in [-0.4, -0.2) is 25.4 Å². The van der Waals surface area contributed by atoms with E-state index in [4.69, 9.17) is 15.2 Å². The first-order valence-corrected chi connectivity index (χ1v) is 5.33.